The predicted octanol–water partition coefficient (Wildman–Crippen LogP) is 6.82. The molecule has 3 unspecified atom stereocenters. The number of hydrogen-bond donors (Lipinski definition) is 1. The average molecular weight is 875 g/mol. The number of amides is 1. The minimum Gasteiger partial charge on any atom is -0.459 e. The van der Waals surface area contributed by atoms with Gasteiger partial charge in [0.05, 0.1) is 47.9 Å². The summed E-state index contributed by atoms with van der Waals surface area (Å²) in [5.74, 6) is -2.03. The second-order valence-corrected chi connectivity index (χ2v) is 17.0. The summed E-state index contributed by atoms with van der Waals surface area (Å²) in [5.41, 5.74) is 7.52. The van der Waals surface area contributed by atoms with Gasteiger partial charge in [0.15, 0.2) is 18.5 Å². The Kier molecular flexibility index (Phi) is 19.3. The van der Waals surface area contributed by atoms with Crippen LogP contribution < -0.4 is 5.73 Å². The van der Waals surface area contributed by atoms with Crippen molar-refractivity contribution < 1.29 is 51.9 Å². The summed E-state index contributed by atoms with van der Waals surface area (Å²) in [6.45, 7) is 9.57. The number of nitriles is 1. The monoisotopic (exact) mass is 874 g/mol. The smallest absolute Gasteiger partial charge is 0.338 e. The lowest BCUT2D eigenvalue weighted by Gasteiger charge is -2.43. The van der Waals surface area contributed by atoms with E-state index in [0.29, 0.717) is 57.4 Å². The van der Waals surface area contributed by atoms with Crippen molar-refractivity contribution in [1.29, 1.82) is 5.26 Å². The topological polar surface area (TPSA) is 189 Å². The molecule has 16 heteroatoms. The van der Waals surface area contributed by atoms with Crippen LogP contribution in [0.5, 0.6) is 0 Å². The first-order valence-electron chi connectivity index (χ1n) is 21.3. The first kappa shape index (κ1) is 48.3. The summed E-state index contributed by atoms with van der Waals surface area (Å²) < 4.78 is 44.8. The van der Waals surface area contributed by atoms with E-state index in [2.05, 4.69) is 38.4 Å². The van der Waals surface area contributed by atoms with E-state index in [9.17, 15) is 19.2 Å². The minimum atomic E-state index is -1.37. The molecule has 0 aromatic heterocycles. The van der Waals surface area contributed by atoms with Gasteiger partial charge in [0.1, 0.15) is 12.7 Å². The van der Waals surface area contributed by atoms with Gasteiger partial charge in [-0.2, -0.15) is 5.26 Å². The molecule has 0 spiro atoms. The number of carbonyl (C=O) groups is 4. The summed E-state index contributed by atoms with van der Waals surface area (Å²) in [4.78, 5) is 55.1. The van der Waals surface area contributed by atoms with Crippen LogP contribution in [0.2, 0.25) is 0 Å². The maximum absolute atomic E-state index is 13.5. The molecular weight excluding hydrogens is 815 g/mol. The number of ether oxygens (including phenoxy) is 5. The van der Waals surface area contributed by atoms with Crippen LogP contribution in [0.1, 0.15) is 97.3 Å². The van der Waals surface area contributed by atoms with E-state index in [0.717, 1.165) is 0 Å². The van der Waals surface area contributed by atoms with Gasteiger partial charge in [-0.15, -0.1) is 0 Å². The van der Waals surface area contributed by atoms with Gasteiger partial charge in [-0.05, 0) is 89.8 Å². The number of benzene rings is 3. The van der Waals surface area contributed by atoms with Crippen LogP contribution >= 0.6 is 8.53 Å². The summed E-state index contributed by atoms with van der Waals surface area (Å²) >= 11 is 0. The van der Waals surface area contributed by atoms with Gasteiger partial charge in [0.2, 0.25) is 5.91 Å². The molecule has 2 N–H and O–H groups in total. The van der Waals surface area contributed by atoms with Crippen LogP contribution in [-0.4, -0.2) is 115 Å². The fourth-order valence-corrected chi connectivity index (χ4v) is 8.99. The van der Waals surface area contributed by atoms with Crippen LogP contribution in [0.15, 0.2) is 91.0 Å². The van der Waals surface area contributed by atoms with Crippen LogP contribution in [-0.2, 0) is 37.5 Å². The number of esters is 3. The van der Waals surface area contributed by atoms with Crippen LogP contribution in [0, 0.1) is 11.3 Å². The first-order valence-corrected chi connectivity index (χ1v) is 22.4. The second kappa shape index (κ2) is 24.8. The van der Waals surface area contributed by atoms with Gasteiger partial charge in [-0.1, -0.05) is 54.6 Å². The number of rotatable bonds is 21. The van der Waals surface area contributed by atoms with Gasteiger partial charge in [-0.25, -0.2) is 19.1 Å². The fourth-order valence-electron chi connectivity index (χ4n) is 7.21. The molecule has 0 radical (unpaired) electrons. The molecule has 1 amide bonds. The summed E-state index contributed by atoms with van der Waals surface area (Å²) in [6, 6.07) is 26.4. The van der Waals surface area contributed by atoms with E-state index in [1.54, 1.807) is 91.0 Å². The number of hydrogen-bond acceptors (Lipinski definition) is 14. The van der Waals surface area contributed by atoms with Crippen molar-refractivity contribution in [2.24, 2.45) is 5.73 Å². The molecule has 5 rings (SSSR count). The van der Waals surface area contributed by atoms with E-state index in [4.69, 9.17) is 43.7 Å². The molecule has 2 fully saturated rings. The Hall–Kier alpha value is -4.78. The molecule has 2 heterocycles. The Morgan fingerprint density at radius 1 is 0.790 bits per heavy atom. The maximum atomic E-state index is 13.5. The van der Waals surface area contributed by atoms with Crippen molar-refractivity contribution >= 4 is 32.3 Å². The first-order chi connectivity index (χ1) is 30.0. The molecule has 6 atom stereocenters. The van der Waals surface area contributed by atoms with Crippen LogP contribution in [0.25, 0.3) is 0 Å². The summed E-state index contributed by atoms with van der Waals surface area (Å²) in [7, 11) is -1.37. The van der Waals surface area contributed by atoms with Crippen molar-refractivity contribution in [3.05, 3.63) is 108 Å². The van der Waals surface area contributed by atoms with Crippen molar-refractivity contribution in [2.45, 2.75) is 115 Å². The normalized spacial score (nSPS) is 21.0. The number of unbranched alkanes of at least 4 members (excludes halogenated alkanes) is 1. The molecule has 2 aliphatic rings. The number of carbonyl (C=O) groups excluding carboxylic acids is 4. The van der Waals surface area contributed by atoms with Gasteiger partial charge in [0, 0.05) is 38.2 Å². The highest BCUT2D eigenvalue weighted by atomic mass is 31.2. The molecule has 0 saturated carbocycles. The van der Waals surface area contributed by atoms with Gasteiger partial charge in [-0.3, -0.25) is 4.79 Å². The quantitative estimate of drug-likeness (QED) is 0.0508. The van der Waals surface area contributed by atoms with Crippen LogP contribution in [0.4, 0.5) is 0 Å². The summed E-state index contributed by atoms with van der Waals surface area (Å²) in [6.07, 6.45) is -2.01. The molecule has 2 aliphatic heterocycles. The van der Waals surface area contributed by atoms with E-state index >= 15 is 0 Å². The van der Waals surface area contributed by atoms with Crippen molar-refractivity contribution in [3.63, 3.8) is 0 Å². The predicted molar refractivity (Wildman–Crippen MR) is 230 cm³/mol. The molecule has 3 aromatic rings. The zero-order valence-electron chi connectivity index (χ0n) is 35.9. The standard InChI is InChI=1S/C46H59N4O11P/c1-32(2)50(33(3)4)62(57-30-16-26-47)61-37-24-27-49(28-25-37)39(51)23-14-15-29-55-46-40(48)42(60-45(54)36-21-12-7-13-22-36)41(59-44(53)35-19-10-6-11-20-35)38(58-46)31-56-43(52)34-17-8-5-9-18-34/h5-13,17-22,32-33,37-38,40-42,46H,14-16,23-25,27-31,48H2,1-4H3/t38?,40-,41-,42?,46+,62?/m0/s1. The zero-order chi connectivity index (χ0) is 44.4. The Morgan fingerprint density at radius 2 is 1.32 bits per heavy atom. The third-order valence-electron chi connectivity index (χ3n) is 10.3. The van der Waals surface area contributed by atoms with E-state index in [1.165, 1.54) is 0 Å². The molecule has 0 bridgehead atoms. The van der Waals surface area contributed by atoms with Crippen molar-refractivity contribution in [2.75, 3.05) is 32.9 Å². The SMILES string of the molecule is CC(C)N(C(C)C)P(OCCC#N)OC1CCN(C(=O)CCCCO[C@@H]2OC(COC(=O)c3ccccc3)[C@H](OC(=O)c3ccccc3)C(OC(=O)c3ccccc3)[C@@H]2N)CC1. The molecule has 62 heavy (non-hydrogen) atoms. The molecule has 15 nitrogen and oxygen atoms in total. The number of likely N-dealkylation sites (tertiary alicyclic amines) is 1. The fraction of sp³-hybridized carbons (Fsp3) is 0.500. The minimum absolute atomic E-state index is 0.0313. The van der Waals surface area contributed by atoms with E-state index < -0.39 is 57.1 Å². The van der Waals surface area contributed by atoms with Crippen LogP contribution in [0.3, 0.4) is 0 Å². The second-order valence-electron chi connectivity index (χ2n) is 15.6. The number of nitrogens with zero attached hydrogens (tertiary/aromatic N) is 3. The molecule has 334 valence electrons. The van der Waals surface area contributed by atoms with E-state index in [1.807, 2.05) is 4.90 Å². The van der Waals surface area contributed by atoms with Gasteiger partial charge in [0.25, 0.3) is 8.53 Å². The van der Waals surface area contributed by atoms with Crippen molar-refractivity contribution in [3.8, 4) is 6.07 Å². The van der Waals surface area contributed by atoms with Gasteiger partial charge >= 0.3 is 17.9 Å². The Bertz CT molecular complexity index is 1890. The third kappa shape index (κ3) is 14.1. The highest BCUT2D eigenvalue weighted by Crippen LogP contribution is 2.48. The maximum Gasteiger partial charge on any atom is 0.338 e. The summed E-state index contributed by atoms with van der Waals surface area (Å²) in [5, 5.41) is 9.03. The van der Waals surface area contributed by atoms with Gasteiger partial charge < -0.3 is 43.4 Å². The lowest BCUT2D eigenvalue weighted by Crippen LogP contribution is -2.65. The average Bonchev–Trinajstić information content (AvgIpc) is 3.28. The lowest BCUT2D eigenvalue weighted by atomic mass is 9.96. The third-order valence-corrected chi connectivity index (χ3v) is 12.5. The Labute approximate surface area is 365 Å². The molecular formula is C46H59N4O11P. The zero-order valence-corrected chi connectivity index (χ0v) is 36.8. The largest absolute Gasteiger partial charge is 0.459 e. The number of piperidine rings is 1. The molecule has 2 saturated heterocycles. The Morgan fingerprint density at radius 3 is 1.85 bits per heavy atom. The van der Waals surface area contributed by atoms with E-state index in [-0.39, 0.29) is 54.9 Å². The Balaban J connectivity index is 1.19. The molecule has 0 aliphatic carbocycles. The number of nitrogens with two attached hydrogens (primary N) is 1. The highest BCUT2D eigenvalue weighted by Gasteiger charge is 2.50. The lowest BCUT2D eigenvalue weighted by molar-refractivity contribution is -0.264. The van der Waals surface area contributed by atoms with Crippen molar-refractivity contribution in [1.82, 2.24) is 9.57 Å². The molecule has 3 aromatic carbocycles. The highest BCUT2D eigenvalue weighted by molar-refractivity contribution is 7.44.